The second kappa shape index (κ2) is 13.7. The Balaban J connectivity index is 2.17. The van der Waals surface area contributed by atoms with Crippen molar-refractivity contribution >= 4 is 41.3 Å². The van der Waals surface area contributed by atoms with Crippen LogP contribution in [0.25, 0.3) is 0 Å². The zero-order valence-corrected chi connectivity index (χ0v) is 21.1. The second-order valence-corrected chi connectivity index (χ2v) is 9.58. The van der Waals surface area contributed by atoms with Crippen LogP contribution in [-0.4, -0.2) is 52.0 Å². The summed E-state index contributed by atoms with van der Waals surface area (Å²) >= 11 is 7.44. The molecule has 0 spiro atoms. The molecule has 34 heavy (non-hydrogen) atoms. The molecule has 2 aromatic rings. The van der Waals surface area contributed by atoms with Gasteiger partial charge in [0.1, 0.15) is 6.04 Å². The van der Waals surface area contributed by atoms with E-state index in [0.717, 1.165) is 16.2 Å². The van der Waals surface area contributed by atoms with E-state index in [1.165, 1.54) is 11.8 Å². The predicted molar refractivity (Wildman–Crippen MR) is 137 cm³/mol. The van der Waals surface area contributed by atoms with Crippen molar-refractivity contribution in [1.29, 1.82) is 0 Å². The van der Waals surface area contributed by atoms with Gasteiger partial charge in [-0.3, -0.25) is 9.69 Å². The highest BCUT2D eigenvalue weighted by Crippen LogP contribution is 2.13. The van der Waals surface area contributed by atoms with E-state index in [1.807, 2.05) is 26.8 Å². The van der Waals surface area contributed by atoms with Gasteiger partial charge in [0.2, 0.25) is 0 Å². The van der Waals surface area contributed by atoms with Crippen LogP contribution >= 0.6 is 23.4 Å². The molecule has 0 aliphatic heterocycles. The average molecular weight is 501 g/mol. The Hall–Kier alpha value is -2.95. The van der Waals surface area contributed by atoms with E-state index in [0.29, 0.717) is 28.5 Å². The van der Waals surface area contributed by atoms with Crippen LogP contribution in [0.3, 0.4) is 0 Å². The number of imide groups is 1. The van der Waals surface area contributed by atoms with Gasteiger partial charge >= 0.3 is 12.0 Å². The summed E-state index contributed by atoms with van der Waals surface area (Å²) in [5, 5.41) is 12.6. The third-order valence-electron chi connectivity index (χ3n) is 4.55. The van der Waals surface area contributed by atoms with Crippen molar-refractivity contribution in [2.75, 3.05) is 18.1 Å². The van der Waals surface area contributed by atoms with E-state index < -0.39 is 23.9 Å². The molecule has 0 saturated carbocycles. The molecule has 8 heteroatoms. The number of aliphatic carboxylic acids is 1. The van der Waals surface area contributed by atoms with Gasteiger partial charge in [0.25, 0.3) is 5.91 Å². The van der Waals surface area contributed by atoms with E-state index in [9.17, 15) is 19.5 Å². The predicted octanol–water partition coefficient (Wildman–Crippen LogP) is 5.14. The van der Waals surface area contributed by atoms with Gasteiger partial charge in [-0.05, 0) is 54.5 Å². The summed E-state index contributed by atoms with van der Waals surface area (Å²) in [6.45, 7) is 6.08. The Bertz CT molecular complexity index is 1080. The standard InChI is InChI=1S/C26H29ClN2O4S/c1-4-13-29(26(33)28-23(25(31)32)17-34-16-18(2)3)24(30)21-9-5-7-19(14-21)11-12-20-8-6-10-22(27)15-20/h5-10,14-15,18,23H,4,13,16-17H2,1-3H3,(H,28,33)(H,31,32). The fourth-order valence-corrected chi connectivity index (χ4v) is 4.20. The summed E-state index contributed by atoms with van der Waals surface area (Å²) in [4.78, 5) is 38.7. The molecule has 0 fully saturated rings. The lowest BCUT2D eigenvalue weighted by molar-refractivity contribution is -0.138. The highest BCUT2D eigenvalue weighted by atomic mass is 35.5. The Morgan fingerprint density at radius 2 is 1.71 bits per heavy atom. The average Bonchev–Trinajstić information content (AvgIpc) is 2.80. The number of urea groups is 1. The molecule has 6 nitrogen and oxygen atoms in total. The van der Waals surface area contributed by atoms with Crippen LogP contribution in [-0.2, 0) is 4.79 Å². The molecule has 0 bridgehead atoms. The molecule has 3 amide bonds. The number of hydrogen-bond donors (Lipinski definition) is 2. The van der Waals surface area contributed by atoms with E-state index >= 15 is 0 Å². The summed E-state index contributed by atoms with van der Waals surface area (Å²) < 4.78 is 0. The molecule has 0 saturated heterocycles. The number of carbonyl (C=O) groups is 3. The van der Waals surface area contributed by atoms with Crippen LogP contribution in [0.2, 0.25) is 5.02 Å². The van der Waals surface area contributed by atoms with Crippen molar-refractivity contribution < 1.29 is 19.5 Å². The monoisotopic (exact) mass is 500 g/mol. The fourth-order valence-electron chi connectivity index (χ4n) is 2.94. The number of carboxylic acids is 1. The molecular weight excluding hydrogens is 472 g/mol. The second-order valence-electron chi connectivity index (χ2n) is 8.07. The quantitative estimate of drug-likeness (QED) is 0.465. The summed E-state index contributed by atoms with van der Waals surface area (Å²) in [6.07, 6.45) is 0.535. The first-order chi connectivity index (χ1) is 16.2. The lowest BCUT2D eigenvalue weighted by atomic mass is 10.1. The topological polar surface area (TPSA) is 86.7 Å². The molecule has 0 heterocycles. The van der Waals surface area contributed by atoms with Gasteiger partial charge in [-0.2, -0.15) is 11.8 Å². The lowest BCUT2D eigenvalue weighted by Crippen LogP contribution is -2.51. The van der Waals surface area contributed by atoms with Gasteiger partial charge in [0.15, 0.2) is 0 Å². The van der Waals surface area contributed by atoms with Gasteiger partial charge in [-0.15, -0.1) is 0 Å². The largest absolute Gasteiger partial charge is 0.480 e. The van der Waals surface area contributed by atoms with E-state index in [4.69, 9.17) is 11.6 Å². The lowest BCUT2D eigenvalue weighted by Gasteiger charge is -2.23. The molecule has 2 N–H and O–H groups in total. The summed E-state index contributed by atoms with van der Waals surface area (Å²) in [7, 11) is 0. The number of nitrogens with zero attached hydrogens (tertiary/aromatic N) is 1. The normalized spacial score (nSPS) is 11.3. The smallest absolute Gasteiger partial charge is 0.327 e. The van der Waals surface area contributed by atoms with Crippen molar-refractivity contribution in [1.82, 2.24) is 10.2 Å². The summed E-state index contributed by atoms with van der Waals surface area (Å²) in [6, 6.07) is 12.0. The van der Waals surface area contributed by atoms with Gasteiger partial charge in [0, 0.05) is 34.0 Å². The van der Waals surface area contributed by atoms with Gasteiger partial charge < -0.3 is 10.4 Å². The van der Waals surface area contributed by atoms with Crippen LogP contribution < -0.4 is 5.32 Å². The third-order valence-corrected chi connectivity index (χ3v) is 6.26. The van der Waals surface area contributed by atoms with Crippen LogP contribution in [0.4, 0.5) is 4.79 Å². The molecule has 1 unspecified atom stereocenters. The van der Waals surface area contributed by atoms with Gasteiger partial charge in [-0.25, -0.2) is 9.59 Å². The molecule has 0 aliphatic rings. The van der Waals surface area contributed by atoms with E-state index in [1.54, 1.807) is 42.5 Å². The number of benzene rings is 2. The molecule has 1 atom stereocenters. The van der Waals surface area contributed by atoms with Crippen LogP contribution in [0.15, 0.2) is 48.5 Å². The first-order valence-electron chi connectivity index (χ1n) is 11.0. The molecule has 180 valence electrons. The number of hydrogen-bond acceptors (Lipinski definition) is 4. The van der Waals surface area contributed by atoms with Crippen molar-refractivity contribution in [3.8, 4) is 11.8 Å². The number of rotatable bonds is 9. The van der Waals surface area contributed by atoms with Crippen LogP contribution in [0, 0.1) is 17.8 Å². The Morgan fingerprint density at radius 3 is 2.29 bits per heavy atom. The number of nitrogens with one attached hydrogen (secondary N) is 1. The first kappa shape index (κ1) is 27.3. The van der Waals surface area contributed by atoms with Gasteiger partial charge in [0.05, 0.1) is 0 Å². The Kier molecular flexibility index (Phi) is 11.0. The number of thioether (sulfide) groups is 1. The molecule has 2 aromatic carbocycles. The van der Waals surface area contributed by atoms with Crippen molar-refractivity contribution in [3.63, 3.8) is 0 Å². The van der Waals surface area contributed by atoms with Crippen molar-refractivity contribution in [2.24, 2.45) is 5.92 Å². The number of carbonyl (C=O) groups excluding carboxylic acids is 2. The number of amides is 3. The van der Waals surface area contributed by atoms with Gasteiger partial charge in [-0.1, -0.05) is 56.3 Å². The minimum Gasteiger partial charge on any atom is -0.480 e. The maximum absolute atomic E-state index is 13.1. The number of halogens is 1. The highest BCUT2D eigenvalue weighted by Gasteiger charge is 2.27. The highest BCUT2D eigenvalue weighted by molar-refractivity contribution is 7.99. The van der Waals surface area contributed by atoms with Crippen molar-refractivity contribution in [3.05, 3.63) is 70.2 Å². The Labute approximate surface area is 210 Å². The molecular formula is C26H29ClN2O4S. The molecule has 2 rings (SSSR count). The minimum absolute atomic E-state index is 0.161. The summed E-state index contributed by atoms with van der Waals surface area (Å²) in [5.74, 6) is 5.77. The van der Waals surface area contributed by atoms with E-state index in [2.05, 4.69) is 17.2 Å². The van der Waals surface area contributed by atoms with Crippen LogP contribution in [0.1, 0.15) is 48.7 Å². The molecule has 0 aliphatic carbocycles. The zero-order chi connectivity index (χ0) is 25.1. The van der Waals surface area contributed by atoms with Crippen molar-refractivity contribution in [2.45, 2.75) is 33.2 Å². The maximum Gasteiger partial charge on any atom is 0.327 e. The zero-order valence-electron chi connectivity index (χ0n) is 19.5. The maximum atomic E-state index is 13.1. The molecule has 0 aromatic heterocycles. The van der Waals surface area contributed by atoms with Crippen LogP contribution in [0.5, 0.6) is 0 Å². The number of carboxylic acid groups (broad SMARTS) is 1. The fraction of sp³-hybridized carbons (Fsp3) is 0.346. The van der Waals surface area contributed by atoms with E-state index in [-0.39, 0.29) is 12.3 Å². The minimum atomic E-state index is -1.13. The Morgan fingerprint density at radius 1 is 1.06 bits per heavy atom. The SMILES string of the molecule is CCCN(C(=O)NC(CSCC(C)C)C(=O)O)C(=O)c1cccc(C#Cc2cccc(Cl)c2)c1. The summed E-state index contributed by atoms with van der Waals surface area (Å²) in [5.41, 5.74) is 1.64. The molecule has 0 radical (unpaired) electrons. The third kappa shape index (κ3) is 8.77. The first-order valence-corrected chi connectivity index (χ1v) is 12.5.